The number of rotatable bonds is 3. The monoisotopic (exact) mass is 308 g/mol. The van der Waals surface area contributed by atoms with Crippen molar-refractivity contribution >= 4 is 23.2 Å². The summed E-state index contributed by atoms with van der Waals surface area (Å²) >= 11 is 12.0. The van der Waals surface area contributed by atoms with Gasteiger partial charge in [-0.15, -0.1) is 0 Å². The maximum atomic E-state index is 6.26. The molecule has 20 heavy (non-hydrogen) atoms. The zero-order valence-corrected chi connectivity index (χ0v) is 13.4. The van der Waals surface area contributed by atoms with Crippen LogP contribution in [-0.4, -0.2) is 4.98 Å². The third-order valence-corrected chi connectivity index (χ3v) is 3.96. The maximum Gasteiger partial charge on any atom is 0.0761 e. The van der Waals surface area contributed by atoms with Crippen LogP contribution in [0.1, 0.15) is 34.0 Å². The average Bonchev–Trinajstić information content (AvgIpc) is 2.33. The van der Waals surface area contributed by atoms with E-state index in [2.05, 4.69) is 37.9 Å². The fraction of sp³-hybridized carbons (Fsp3) is 0.312. The van der Waals surface area contributed by atoms with Gasteiger partial charge in [0.15, 0.2) is 0 Å². The van der Waals surface area contributed by atoms with Gasteiger partial charge < -0.3 is 5.73 Å². The minimum atomic E-state index is -0.236. The quantitative estimate of drug-likeness (QED) is 0.903. The lowest BCUT2D eigenvalue weighted by atomic mass is 9.93. The standard InChI is InChI=1S/C16H18Cl2N2/c1-9-4-10(2)13(11(3)5-9)7-15(19)16-14(18)6-12(17)8-20-16/h4-6,8,15H,7,19H2,1-3H3. The molecule has 0 spiro atoms. The predicted molar refractivity (Wildman–Crippen MR) is 85.5 cm³/mol. The van der Waals surface area contributed by atoms with Gasteiger partial charge in [0, 0.05) is 6.20 Å². The first-order valence-corrected chi connectivity index (χ1v) is 7.27. The van der Waals surface area contributed by atoms with E-state index in [1.807, 2.05) is 0 Å². The van der Waals surface area contributed by atoms with E-state index in [1.165, 1.54) is 22.3 Å². The molecule has 1 heterocycles. The second kappa shape index (κ2) is 6.13. The van der Waals surface area contributed by atoms with Crippen molar-refractivity contribution in [2.24, 2.45) is 5.73 Å². The number of nitrogens with two attached hydrogens (primary N) is 1. The number of aryl methyl sites for hydroxylation is 3. The molecule has 0 aliphatic heterocycles. The Morgan fingerprint density at radius 2 is 1.70 bits per heavy atom. The minimum Gasteiger partial charge on any atom is -0.322 e. The number of benzene rings is 1. The van der Waals surface area contributed by atoms with E-state index >= 15 is 0 Å². The fourth-order valence-corrected chi connectivity index (χ4v) is 3.07. The lowest BCUT2D eigenvalue weighted by Crippen LogP contribution is -2.17. The Bertz CT molecular complexity index is 615. The highest BCUT2D eigenvalue weighted by Crippen LogP contribution is 2.27. The van der Waals surface area contributed by atoms with E-state index in [0.717, 1.165) is 0 Å². The van der Waals surface area contributed by atoms with Gasteiger partial charge in [-0.1, -0.05) is 40.9 Å². The molecular formula is C16H18Cl2N2. The van der Waals surface area contributed by atoms with E-state index in [1.54, 1.807) is 12.3 Å². The van der Waals surface area contributed by atoms with E-state index in [0.29, 0.717) is 22.2 Å². The molecule has 0 saturated heterocycles. The Morgan fingerprint density at radius 1 is 1.10 bits per heavy atom. The number of aromatic nitrogens is 1. The van der Waals surface area contributed by atoms with Crippen LogP contribution in [0.5, 0.6) is 0 Å². The molecule has 2 nitrogen and oxygen atoms in total. The van der Waals surface area contributed by atoms with E-state index in [4.69, 9.17) is 28.9 Å². The second-order valence-corrected chi connectivity index (χ2v) is 6.05. The Hall–Kier alpha value is -1.09. The maximum absolute atomic E-state index is 6.26. The Kier molecular flexibility index (Phi) is 4.69. The molecule has 0 saturated carbocycles. The van der Waals surface area contributed by atoms with Gasteiger partial charge in [-0.2, -0.15) is 0 Å². The summed E-state index contributed by atoms with van der Waals surface area (Å²) in [6.45, 7) is 6.32. The smallest absolute Gasteiger partial charge is 0.0761 e. The second-order valence-electron chi connectivity index (χ2n) is 5.21. The molecule has 2 rings (SSSR count). The zero-order valence-electron chi connectivity index (χ0n) is 11.9. The first kappa shape index (κ1) is 15.3. The highest BCUT2D eigenvalue weighted by atomic mass is 35.5. The van der Waals surface area contributed by atoms with Gasteiger partial charge in [0.05, 0.1) is 21.8 Å². The molecule has 0 amide bonds. The first-order valence-electron chi connectivity index (χ1n) is 6.51. The summed E-state index contributed by atoms with van der Waals surface area (Å²) in [5, 5.41) is 1.04. The molecule has 106 valence electrons. The molecule has 4 heteroatoms. The van der Waals surface area contributed by atoms with Crippen LogP contribution in [0.25, 0.3) is 0 Å². The van der Waals surface area contributed by atoms with Gasteiger partial charge in [0.25, 0.3) is 0 Å². The average molecular weight is 309 g/mol. The molecule has 1 atom stereocenters. The normalized spacial score (nSPS) is 12.5. The minimum absolute atomic E-state index is 0.236. The van der Waals surface area contributed by atoms with Gasteiger partial charge >= 0.3 is 0 Å². The van der Waals surface area contributed by atoms with Crippen molar-refractivity contribution in [2.45, 2.75) is 33.2 Å². The third kappa shape index (κ3) is 3.32. The fourth-order valence-electron chi connectivity index (χ4n) is 2.55. The Balaban J connectivity index is 2.30. The van der Waals surface area contributed by atoms with Crippen molar-refractivity contribution in [3.8, 4) is 0 Å². The highest BCUT2D eigenvalue weighted by Gasteiger charge is 2.15. The van der Waals surface area contributed by atoms with Crippen LogP contribution < -0.4 is 5.73 Å². The molecule has 2 N–H and O–H groups in total. The van der Waals surface area contributed by atoms with E-state index in [9.17, 15) is 0 Å². The lowest BCUT2D eigenvalue weighted by molar-refractivity contribution is 0.691. The number of pyridine rings is 1. The van der Waals surface area contributed by atoms with Crippen molar-refractivity contribution in [3.63, 3.8) is 0 Å². The van der Waals surface area contributed by atoms with Crippen LogP contribution in [0.2, 0.25) is 10.0 Å². The number of hydrogen-bond donors (Lipinski definition) is 1. The molecule has 2 aromatic rings. The van der Waals surface area contributed by atoms with Crippen LogP contribution in [0, 0.1) is 20.8 Å². The number of nitrogens with zero attached hydrogens (tertiary/aromatic N) is 1. The Morgan fingerprint density at radius 3 is 2.25 bits per heavy atom. The summed E-state index contributed by atoms with van der Waals surface area (Å²) < 4.78 is 0. The van der Waals surface area contributed by atoms with Gasteiger partial charge in [0.1, 0.15) is 0 Å². The molecule has 1 aromatic heterocycles. The first-order chi connectivity index (χ1) is 9.38. The van der Waals surface area contributed by atoms with Crippen LogP contribution in [0.3, 0.4) is 0 Å². The van der Waals surface area contributed by atoms with Crippen molar-refractivity contribution in [2.75, 3.05) is 0 Å². The predicted octanol–water partition coefficient (Wildman–Crippen LogP) is 4.56. The zero-order chi connectivity index (χ0) is 14.9. The third-order valence-electron chi connectivity index (χ3n) is 3.45. The molecule has 1 aromatic carbocycles. The summed E-state index contributed by atoms with van der Waals surface area (Å²) in [6, 6.07) is 5.79. The molecule has 0 aliphatic rings. The number of hydrogen-bond acceptors (Lipinski definition) is 2. The summed E-state index contributed by atoms with van der Waals surface area (Å²) in [7, 11) is 0. The van der Waals surface area contributed by atoms with E-state index in [-0.39, 0.29) is 6.04 Å². The Labute approximate surface area is 129 Å². The SMILES string of the molecule is Cc1cc(C)c(CC(N)c2ncc(Cl)cc2Cl)c(C)c1. The molecular weight excluding hydrogens is 291 g/mol. The van der Waals surface area contributed by atoms with Crippen molar-refractivity contribution in [1.29, 1.82) is 0 Å². The van der Waals surface area contributed by atoms with Crippen LogP contribution >= 0.6 is 23.2 Å². The topological polar surface area (TPSA) is 38.9 Å². The summed E-state index contributed by atoms with van der Waals surface area (Å²) in [5.74, 6) is 0. The van der Waals surface area contributed by atoms with E-state index < -0.39 is 0 Å². The van der Waals surface area contributed by atoms with Gasteiger partial charge in [0.2, 0.25) is 0 Å². The van der Waals surface area contributed by atoms with Gasteiger partial charge in [-0.3, -0.25) is 4.98 Å². The van der Waals surface area contributed by atoms with Crippen LogP contribution in [0.15, 0.2) is 24.4 Å². The van der Waals surface area contributed by atoms with Crippen LogP contribution in [-0.2, 0) is 6.42 Å². The molecule has 0 bridgehead atoms. The molecule has 0 aliphatic carbocycles. The highest BCUT2D eigenvalue weighted by molar-refractivity contribution is 6.34. The molecule has 0 radical (unpaired) electrons. The largest absolute Gasteiger partial charge is 0.322 e. The lowest BCUT2D eigenvalue weighted by Gasteiger charge is -2.17. The van der Waals surface area contributed by atoms with Crippen molar-refractivity contribution in [1.82, 2.24) is 4.98 Å². The molecule has 0 fully saturated rings. The summed E-state index contributed by atoms with van der Waals surface area (Å²) in [4.78, 5) is 4.26. The van der Waals surface area contributed by atoms with Crippen molar-refractivity contribution in [3.05, 3.63) is 62.4 Å². The van der Waals surface area contributed by atoms with Crippen molar-refractivity contribution < 1.29 is 0 Å². The summed E-state index contributed by atoms with van der Waals surface area (Å²) in [5.41, 5.74) is 12.0. The number of halogens is 2. The van der Waals surface area contributed by atoms with Crippen LogP contribution in [0.4, 0.5) is 0 Å². The van der Waals surface area contributed by atoms with Gasteiger partial charge in [-0.25, -0.2) is 0 Å². The summed E-state index contributed by atoms with van der Waals surface area (Å²) in [6.07, 6.45) is 2.30. The molecule has 1 unspecified atom stereocenters. The van der Waals surface area contributed by atoms with Gasteiger partial charge in [-0.05, 0) is 49.9 Å².